The smallest absolute Gasteiger partial charge is 0 e. The molecule has 0 atom stereocenters. The molecule has 6 nitrogen and oxygen atoms in total. The maximum absolute atomic E-state index is 0. The van der Waals surface area contributed by atoms with Gasteiger partial charge in [-0.25, -0.2) is 0 Å². The third-order valence-electron chi connectivity index (χ3n) is 0. The fourth-order valence-electron chi connectivity index (χ4n) is 0. The minimum Gasteiger partial charge on any atom is -0.870 e. The Labute approximate surface area is 56.0 Å². The fraction of sp³-hybridized carbons (Fsp3) is 0. The molecule has 0 radical (unpaired) electrons. The van der Waals surface area contributed by atoms with Gasteiger partial charge >= 0.3 is 0 Å². The second-order valence-electron chi connectivity index (χ2n) is 0. The summed E-state index contributed by atoms with van der Waals surface area (Å²) in [6.07, 6.45) is 0. The van der Waals surface area contributed by atoms with Gasteiger partial charge < -0.3 is 34.2 Å². The standard InChI is InChI=1S/2H3N.4H2O.W/h2*1H3;4*1H2;. The molecule has 0 aromatic rings. The van der Waals surface area contributed by atoms with Gasteiger partial charge in [0.1, 0.15) is 0 Å². The van der Waals surface area contributed by atoms with Gasteiger partial charge in [0.05, 0.1) is 0 Å². The maximum Gasteiger partial charge on any atom is 0 e. The molecule has 0 aromatic heterocycles. The summed E-state index contributed by atoms with van der Waals surface area (Å²) in [5.41, 5.74) is 0. The van der Waals surface area contributed by atoms with Crippen molar-refractivity contribution in [3.8, 4) is 0 Å². The van der Waals surface area contributed by atoms with E-state index in [4.69, 9.17) is 0 Å². The molecule has 14 N–H and O–H groups in total. The molecule has 7 heteroatoms. The molecule has 0 aliphatic heterocycles. The van der Waals surface area contributed by atoms with Crippen LogP contribution in [0.5, 0.6) is 0 Å². The van der Waals surface area contributed by atoms with Gasteiger partial charge in [-0.05, 0) is 0 Å². The Morgan fingerprint density at radius 2 is 0.571 bits per heavy atom. The van der Waals surface area contributed by atoms with E-state index in [0.717, 1.165) is 0 Å². The Kier molecular flexibility index (Phi) is 210000. The third-order valence-corrected chi connectivity index (χ3v) is 0. The van der Waals surface area contributed by atoms with Crippen LogP contribution in [-0.4, -0.2) is 21.9 Å². The Hall–Kier alpha value is 0.448. The van der Waals surface area contributed by atoms with E-state index in [-0.39, 0.29) is 55.3 Å². The topological polar surface area (TPSA) is 196 Å². The average Bonchev–Trinajstić information content (AvgIpc) is 0. The summed E-state index contributed by atoms with van der Waals surface area (Å²) in [4.78, 5) is 0. The van der Waals surface area contributed by atoms with Crippen molar-refractivity contribution in [2.45, 2.75) is 0 Å². The van der Waals surface area contributed by atoms with Crippen molar-refractivity contribution in [2.75, 3.05) is 0 Å². The minimum atomic E-state index is 0. The molecule has 0 aromatic carbocycles. The Morgan fingerprint density at radius 3 is 0.571 bits per heavy atom. The van der Waals surface area contributed by atoms with Crippen LogP contribution in [0.25, 0.3) is 0 Å². The van der Waals surface area contributed by atoms with Crippen molar-refractivity contribution in [3.63, 3.8) is 0 Å². The summed E-state index contributed by atoms with van der Waals surface area (Å²) in [6, 6.07) is 0. The quantitative estimate of drug-likeness (QED) is 0.562. The summed E-state index contributed by atoms with van der Waals surface area (Å²) in [6.45, 7) is 0. The third kappa shape index (κ3) is 635. The van der Waals surface area contributed by atoms with Gasteiger partial charge in [-0.15, -0.1) is 0 Å². The zero-order valence-electron chi connectivity index (χ0n) is 4.30. The van der Waals surface area contributed by atoms with Crippen LogP contribution in [0.2, 0.25) is 0 Å². The summed E-state index contributed by atoms with van der Waals surface area (Å²) < 4.78 is 0. The van der Waals surface area contributed by atoms with E-state index < -0.39 is 0 Å². The molecule has 54 valence electrons. The van der Waals surface area contributed by atoms with Gasteiger partial charge in [-0.2, -0.15) is 0 Å². The Bertz CT molecular complexity index is 9.65. The van der Waals surface area contributed by atoms with Crippen molar-refractivity contribution in [2.24, 2.45) is 0 Å². The second kappa shape index (κ2) is 952. The van der Waals surface area contributed by atoms with Crippen molar-refractivity contribution >= 4 is 0 Å². The molecule has 0 amide bonds. The minimum absolute atomic E-state index is 0. The molecular weight excluding hydrogens is 276 g/mol. The zero-order valence-corrected chi connectivity index (χ0v) is 7.24. The average molecular weight is 290 g/mol. The van der Waals surface area contributed by atoms with E-state index in [1.54, 1.807) is 0 Å². The van der Waals surface area contributed by atoms with Crippen molar-refractivity contribution < 1.29 is 43.0 Å². The molecule has 0 rings (SSSR count). The van der Waals surface area contributed by atoms with E-state index in [1.807, 2.05) is 0 Å². The number of rotatable bonds is 0. The molecule has 0 saturated heterocycles. The first-order valence-electron chi connectivity index (χ1n) is 0. The monoisotopic (exact) mass is 290 g/mol. The summed E-state index contributed by atoms with van der Waals surface area (Å²) in [7, 11) is 0. The molecule has 0 fully saturated rings. The van der Waals surface area contributed by atoms with E-state index in [1.165, 1.54) is 0 Å². The summed E-state index contributed by atoms with van der Waals surface area (Å²) in [5.74, 6) is 0. The van der Waals surface area contributed by atoms with Crippen molar-refractivity contribution in [3.05, 3.63) is 0 Å². The molecular formula is H14N2O4W. The molecule has 0 aliphatic rings. The molecule has 0 saturated carbocycles. The van der Waals surface area contributed by atoms with Crippen LogP contribution in [0.15, 0.2) is 0 Å². The first-order chi connectivity index (χ1) is 0. The van der Waals surface area contributed by atoms with Crippen molar-refractivity contribution in [1.82, 2.24) is 12.3 Å². The van der Waals surface area contributed by atoms with Gasteiger partial charge in [0, 0.05) is 21.1 Å². The van der Waals surface area contributed by atoms with Crippen LogP contribution < -0.4 is 12.3 Å². The van der Waals surface area contributed by atoms with Crippen LogP contribution in [0.1, 0.15) is 0 Å². The molecule has 0 heterocycles. The number of hydrogen-bond acceptors (Lipinski definition) is 2. The maximum atomic E-state index is 0. The number of quaternary nitrogens is 2. The van der Waals surface area contributed by atoms with Gasteiger partial charge in [0.15, 0.2) is 0 Å². The van der Waals surface area contributed by atoms with Crippen molar-refractivity contribution in [1.29, 1.82) is 0 Å². The van der Waals surface area contributed by atoms with Crippen LogP contribution in [0, 0.1) is 0 Å². The summed E-state index contributed by atoms with van der Waals surface area (Å²) in [5, 5.41) is 0. The molecule has 0 spiro atoms. The molecule has 0 unspecified atom stereocenters. The number of hydrogen-bond donors (Lipinski definition) is 2. The predicted octanol–water partition coefficient (Wildman–Crippen LogP) is -1.25. The Morgan fingerprint density at radius 1 is 0.571 bits per heavy atom. The van der Waals surface area contributed by atoms with E-state index >= 15 is 0 Å². The fourth-order valence-corrected chi connectivity index (χ4v) is 0. The molecule has 0 bridgehead atoms. The van der Waals surface area contributed by atoms with Gasteiger partial charge in [0.25, 0.3) is 0 Å². The van der Waals surface area contributed by atoms with Crippen LogP contribution in [-0.2, 0) is 21.1 Å². The largest absolute Gasteiger partial charge is 0.870 e. The Balaban J connectivity index is 0. The van der Waals surface area contributed by atoms with Crippen LogP contribution in [0.3, 0.4) is 0 Å². The first-order valence-corrected chi connectivity index (χ1v) is 0. The summed E-state index contributed by atoms with van der Waals surface area (Å²) >= 11 is 0. The van der Waals surface area contributed by atoms with Crippen LogP contribution in [0.4, 0.5) is 0 Å². The van der Waals surface area contributed by atoms with Crippen LogP contribution >= 0.6 is 0 Å². The van der Waals surface area contributed by atoms with E-state index in [0.29, 0.717) is 0 Å². The second-order valence-corrected chi connectivity index (χ2v) is 0. The van der Waals surface area contributed by atoms with Gasteiger partial charge in [-0.1, -0.05) is 0 Å². The molecule has 0 aliphatic carbocycles. The zero-order chi connectivity index (χ0) is 0. The van der Waals surface area contributed by atoms with Gasteiger partial charge in [-0.3, -0.25) is 0 Å². The first kappa shape index (κ1) is 1540. The van der Waals surface area contributed by atoms with E-state index in [9.17, 15) is 0 Å². The predicted molar refractivity (Wildman–Crippen MR) is 23.1 cm³/mol. The molecule has 7 heavy (non-hydrogen) atoms. The van der Waals surface area contributed by atoms with E-state index in [2.05, 4.69) is 0 Å². The van der Waals surface area contributed by atoms with Gasteiger partial charge in [0.2, 0.25) is 0 Å². The SMILES string of the molecule is O.O.[NH4+].[NH4+].[OH-].[OH-].[W]. The normalized spacial score (nSPS) is 0.